The molecule has 27 heavy (non-hydrogen) atoms. The molecule has 9 heteroatoms. The highest BCUT2D eigenvalue weighted by Gasteiger charge is 2.06. The van der Waals surface area contributed by atoms with Crippen molar-refractivity contribution in [1.29, 1.82) is 0 Å². The molecule has 0 aliphatic rings. The van der Waals surface area contributed by atoms with Crippen LogP contribution in [-0.4, -0.2) is 52.9 Å². The van der Waals surface area contributed by atoms with Crippen LogP contribution in [0.2, 0.25) is 10.0 Å². The van der Waals surface area contributed by atoms with Gasteiger partial charge in [-0.25, -0.2) is 8.42 Å². The molecule has 0 heterocycles. The van der Waals surface area contributed by atoms with Crippen molar-refractivity contribution in [3.8, 4) is 5.75 Å². The van der Waals surface area contributed by atoms with E-state index < -0.39 is 10.0 Å². The summed E-state index contributed by atoms with van der Waals surface area (Å²) in [5, 5.41) is 4.44. The number of benzene rings is 2. The fraction of sp³-hybridized carbons (Fsp3) is 0.333. The van der Waals surface area contributed by atoms with Gasteiger partial charge in [-0.3, -0.25) is 4.72 Å². The average molecular weight is 432 g/mol. The van der Waals surface area contributed by atoms with Crippen LogP contribution in [0.3, 0.4) is 0 Å². The number of likely N-dealkylation sites (N-methyl/N-ethyl adjacent to an activating group) is 1. The van der Waals surface area contributed by atoms with Gasteiger partial charge in [-0.2, -0.15) is 0 Å². The normalized spacial score (nSPS) is 11.4. The molecule has 0 unspecified atom stereocenters. The van der Waals surface area contributed by atoms with E-state index in [0.29, 0.717) is 34.6 Å². The van der Waals surface area contributed by atoms with E-state index in [1.165, 1.54) is 0 Å². The Hall–Kier alpha value is -1.67. The van der Waals surface area contributed by atoms with Crippen molar-refractivity contribution in [1.82, 2.24) is 4.90 Å². The van der Waals surface area contributed by atoms with Gasteiger partial charge in [0.15, 0.2) is 0 Å². The molecular weight excluding hydrogens is 409 g/mol. The van der Waals surface area contributed by atoms with Gasteiger partial charge in [-0.15, -0.1) is 0 Å². The van der Waals surface area contributed by atoms with Crippen LogP contribution in [0.25, 0.3) is 0 Å². The highest BCUT2D eigenvalue weighted by molar-refractivity contribution is 7.92. The molecule has 0 fully saturated rings. The number of hydrogen-bond acceptors (Lipinski definition) is 5. The van der Waals surface area contributed by atoms with Crippen LogP contribution in [0.15, 0.2) is 42.5 Å². The van der Waals surface area contributed by atoms with E-state index in [-0.39, 0.29) is 0 Å². The topological polar surface area (TPSA) is 70.7 Å². The largest absolute Gasteiger partial charge is 0.492 e. The minimum atomic E-state index is -3.27. The van der Waals surface area contributed by atoms with E-state index >= 15 is 0 Å². The zero-order valence-electron chi connectivity index (χ0n) is 15.2. The maximum absolute atomic E-state index is 11.2. The highest BCUT2D eigenvalue weighted by atomic mass is 35.5. The second-order valence-electron chi connectivity index (χ2n) is 6.07. The predicted octanol–water partition coefficient (Wildman–Crippen LogP) is 3.79. The summed E-state index contributed by atoms with van der Waals surface area (Å²) < 4.78 is 30.5. The van der Waals surface area contributed by atoms with E-state index in [9.17, 15) is 8.42 Å². The molecule has 0 bridgehead atoms. The van der Waals surface area contributed by atoms with Gasteiger partial charge in [0.25, 0.3) is 0 Å². The zero-order chi connectivity index (χ0) is 19.9. The molecule has 2 aromatic rings. The smallest absolute Gasteiger partial charge is 0.229 e. The van der Waals surface area contributed by atoms with Crippen molar-refractivity contribution >= 4 is 44.6 Å². The number of halogens is 2. The number of rotatable bonds is 10. The summed E-state index contributed by atoms with van der Waals surface area (Å²) >= 11 is 12.2. The van der Waals surface area contributed by atoms with Crippen LogP contribution in [0, 0.1) is 0 Å². The van der Waals surface area contributed by atoms with Gasteiger partial charge in [-0.1, -0.05) is 29.3 Å². The van der Waals surface area contributed by atoms with Crippen LogP contribution in [0.5, 0.6) is 5.75 Å². The SMILES string of the molecule is CN(CCNc1c(Cl)cccc1Cl)CCOc1ccc(NS(C)(=O)=O)cc1. The summed E-state index contributed by atoms with van der Waals surface area (Å²) in [7, 11) is -1.27. The number of para-hydroxylation sites is 1. The average Bonchev–Trinajstić information content (AvgIpc) is 2.58. The summed E-state index contributed by atoms with van der Waals surface area (Å²) in [6, 6.07) is 12.2. The van der Waals surface area contributed by atoms with Crippen molar-refractivity contribution in [2.75, 3.05) is 49.6 Å². The summed E-state index contributed by atoms with van der Waals surface area (Å²) in [5.74, 6) is 0.684. The monoisotopic (exact) mass is 431 g/mol. The first-order chi connectivity index (χ1) is 12.7. The number of nitrogens with zero attached hydrogens (tertiary/aromatic N) is 1. The fourth-order valence-corrected chi connectivity index (χ4v) is 3.40. The number of nitrogens with one attached hydrogen (secondary N) is 2. The lowest BCUT2D eigenvalue weighted by atomic mass is 10.3. The fourth-order valence-electron chi connectivity index (χ4n) is 2.30. The van der Waals surface area contributed by atoms with Crippen molar-refractivity contribution < 1.29 is 13.2 Å². The predicted molar refractivity (Wildman–Crippen MR) is 113 cm³/mol. The Kier molecular flexibility index (Phi) is 8.04. The Labute approximate surface area is 170 Å². The van der Waals surface area contributed by atoms with Crippen LogP contribution < -0.4 is 14.8 Å². The second kappa shape index (κ2) is 10.0. The van der Waals surface area contributed by atoms with Crippen molar-refractivity contribution in [2.24, 2.45) is 0 Å². The van der Waals surface area contributed by atoms with Crippen LogP contribution >= 0.6 is 23.2 Å². The van der Waals surface area contributed by atoms with Gasteiger partial charge < -0.3 is 15.0 Å². The Morgan fingerprint density at radius 2 is 1.67 bits per heavy atom. The molecule has 0 aliphatic heterocycles. The third-order valence-electron chi connectivity index (χ3n) is 3.66. The first-order valence-corrected chi connectivity index (χ1v) is 11.0. The second-order valence-corrected chi connectivity index (χ2v) is 8.64. The Morgan fingerprint density at radius 1 is 1.04 bits per heavy atom. The summed E-state index contributed by atoms with van der Waals surface area (Å²) in [6.07, 6.45) is 1.11. The van der Waals surface area contributed by atoms with Crippen LogP contribution in [-0.2, 0) is 10.0 Å². The molecule has 6 nitrogen and oxygen atoms in total. The third-order valence-corrected chi connectivity index (χ3v) is 4.89. The lowest BCUT2D eigenvalue weighted by Crippen LogP contribution is -2.29. The molecule has 2 aromatic carbocycles. The molecule has 0 saturated carbocycles. The standard InChI is InChI=1S/C18H23Cl2N3O3S/c1-23(11-10-21-18-16(19)4-3-5-17(18)20)12-13-26-15-8-6-14(7-9-15)22-27(2,24)25/h3-9,21-22H,10-13H2,1-2H3. The Bertz CT molecular complexity index is 825. The Morgan fingerprint density at radius 3 is 2.26 bits per heavy atom. The molecule has 0 saturated heterocycles. The minimum absolute atomic E-state index is 0.506. The third kappa shape index (κ3) is 7.84. The van der Waals surface area contributed by atoms with Gasteiger partial charge in [0.1, 0.15) is 12.4 Å². The van der Waals surface area contributed by atoms with Gasteiger partial charge in [0.05, 0.1) is 22.0 Å². The molecule has 0 amide bonds. The quantitative estimate of drug-likeness (QED) is 0.598. The van der Waals surface area contributed by atoms with E-state index in [1.54, 1.807) is 36.4 Å². The maximum atomic E-state index is 11.2. The number of anilines is 2. The highest BCUT2D eigenvalue weighted by Crippen LogP contribution is 2.29. The number of hydrogen-bond donors (Lipinski definition) is 2. The van der Waals surface area contributed by atoms with Crippen molar-refractivity contribution in [2.45, 2.75) is 0 Å². The molecule has 2 N–H and O–H groups in total. The molecule has 0 aromatic heterocycles. The lowest BCUT2D eigenvalue weighted by molar-refractivity contribution is 0.242. The Balaban J connectivity index is 1.69. The van der Waals surface area contributed by atoms with E-state index in [0.717, 1.165) is 25.0 Å². The van der Waals surface area contributed by atoms with Crippen molar-refractivity contribution in [3.63, 3.8) is 0 Å². The van der Waals surface area contributed by atoms with Crippen molar-refractivity contribution in [3.05, 3.63) is 52.5 Å². The number of sulfonamides is 1. The van der Waals surface area contributed by atoms with Gasteiger partial charge in [0, 0.05) is 25.3 Å². The van der Waals surface area contributed by atoms with Gasteiger partial charge in [0.2, 0.25) is 10.0 Å². The van der Waals surface area contributed by atoms with Gasteiger partial charge in [-0.05, 0) is 43.4 Å². The van der Waals surface area contributed by atoms with Crippen LogP contribution in [0.1, 0.15) is 0 Å². The lowest BCUT2D eigenvalue weighted by Gasteiger charge is -2.18. The molecule has 0 radical (unpaired) electrons. The molecular formula is C18H23Cl2N3O3S. The summed E-state index contributed by atoms with van der Waals surface area (Å²) in [6.45, 7) is 2.75. The summed E-state index contributed by atoms with van der Waals surface area (Å²) in [4.78, 5) is 2.12. The van der Waals surface area contributed by atoms with Gasteiger partial charge >= 0.3 is 0 Å². The molecule has 2 rings (SSSR count). The zero-order valence-corrected chi connectivity index (χ0v) is 17.5. The van der Waals surface area contributed by atoms with Crippen LogP contribution in [0.4, 0.5) is 11.4 Å². The molecule has 148 valence electrons. The maximum Gasteiger partial charge on any atom is 0.229 e. The molecule has 0 spiro atoms. The first-order valence-electron chi connectivity index (χ1n) is 8.32. The molecule has 0 atom stereocenters. The minimum Gasteiger partial charge on any atom is -0.492 e. The van der Waals surface area contributed by atoms with E-state index in [1.807, 2.05) is 13.1 Å². The number of ether oxygens (including phenoxy) is 1. The van der Waals surface area contributed by atoms with E-state index in [4.69, 9.17) is 27.9 Å². The van der Waals surface area contributed by atoms with E-state index in [2.05, 4.69) is 14.9 Å². The first kappa shape index (κ1) is 21.6. The summed E-state index contributed by atoms with van der Waals surface area (Å²) in [5.41, 5.74) is 1.25. The molecule has 0 aliphatic carbocycles.